The van der Waals surface area contributed by atoms with Crippen LogP contribution in [0.25, 0.3) is 0 Å². The highest BCUT2D eigenvalue weighted by atomic mass is 32.1. The lowest BCUT2D eigenvalue weighted by atomic mass is 9.99. The number of anilines is 1. The third-order valence-corrected chi connectivity index (χ3v) is 3.77. The summed E-state index contributed by atoms with van der Waals surface area (Å²) in [5.41, 5.74) is 0. The second-order valence-corrected chi connectivity index (χ2v) is 5.37. The average Bonchev–Trinajstić information content (AvgIpc) is 2.61. The smallest absolute Gasteiger partial charge is 0.158 e. The van der Waals surface area contributed by atoms with Crippen molar-refractivity contribution in [2.75, 3.05) is 18.0 Å². The third-order valence-electron chi connectivity index (χ3n) is 2.90. The summed E-state index contributed by atoms with van der Waals surface area (Å²) in [7, 11) is 0. The summed E-state index contributed by atoms with van der Waals surface area (Å²) in [5, 5.41) is 9.99. The molecule has 1 aromatic rings. The third kappa shape index (κ3) is 2.13. The Bertz CT molecular complexity index is 383. The number of nitriles is 1. The molecule has 80 valence electrons. The Hall–Kier alpha value is -1.08. The van der Waals surface area contributed by atoms with E-state index < -0.39 is 0 Å². The van der Waals surface area contributed by atoms with E-state index in [-0.39, 0.29) is 0 Å². The monoisotopic (exact) mass is 221 g/mol. The van der Waals surface area contributed by atoms with Crippen LogP contribution in [0.5, 0.6) is 0 Å². The Morgan fingerprint density at radius 2 is 2.13 bits per heavy atom. The SMILES string of the molecule is Cc1nc(N2CCC(C)CC2)c(C#N)s1. The van der Waals surface area contributed by atoms with Crippen LogP contribution in [0.15, 0.2) is 0 Å². The van der Waals surface area contributed by atoms with Crippen molar-refractivity contribution >= 4 is 17.2 Å². The normalized spacial score (nSPS) is 17.8. The van der Waals surface area contributed by atoms with Gasteiger partial charge >= 0.3 is 0 Å². The van der Waals surface area contributed by atoms with Gasteiger partial charge in [-0.15, -0.1) is 11.3 Å². The molecular formula is C11H15N3S. The molecule has 0 unspecified atom stereocenters. The first kappa shape index (κ1) is 10.4. The van der Waals surface area contributed by atoms with E-state index in [2.05, 4.69) is 22.9 Å². The summed E-state index contributed by atoms with van der Waals surface area (Å²) in [5.74, 6) is 1.72. The van der Waals surface area contributed by atoms with Crippen LogP contribution in [0.1, 0.15) is 29.7 Å². The molecule has 0 bridgehead atoms. The summed E-state index contributed by atoms with van der Waals surface area (Å²) in [6, 6.07) is 2.24. The molecule has 3 nitrogen and oxygen atoms in total. The highest BCUT2D eigenvalue weighted by Gasteiger charge is 2.21. The van der Waals surface area contributed by atoms with Gasteiger partial charge in [-0.3, -0.25) is 0 Å². The Morgan fingerprint density at radius 1 is 1.47 bits per heavy atom. The van der Waals surface area contributed by atoms with Crippen LogP contribution in [0.3, 0.4) is 0 Å². The minimum absolute atomic E-state index is 0.766. The molecule has 2 rings (SSSR count). The van der Waals surface area contributed by atoms with Crippen molar-refractivity contribution in [1.82, 2.24) is 4.98 Å². The maximum atomic E-state index is 9.01. The first-order valence-corrected chi connectivity index (χ1v) is 6.15. The molecule has 0 N–H and O–H groups in total. The lowest BCUT2D eigenvalue weighted by Gasteiger charge is -2.30. The van der Waals surface area contributed by atoms with Crippen molar-refractivity contribution in [3.05, 3.63) is 9.88 Å². The molecule has 1 aliphatic heterocycles. The Kier molecular flexibility index (Phi) is 2.92. The van der Waals surface area contributed by atoms with Crippen LogP contribution < -0.4 is 4.90 Å². The van der Waals surface area contributed by atoms with Gasteiger partial charge in [-0.25, -0.2) is 4.98 Å². The van der Waals surface area contributed by atoms with E-state index in [1.165, 1.54) is 24.2 Å². The topological polar surface area (TPSA) is 39.9 Å². The fraction of sp³-hybridized carbons (Fsp3) is 0.636. The van der Waals surface area contributed by atoms with Crippen LogP contribution in [0.2, 0.25) is 0 Å². The van der Waals surface area contributed by atoms with Crippen molar-refractivity contribution in [1.29, 1.82) is 5.26 Å². The fourth-order valence-electron chi connectivity index (χ4n) is 1.92. The Labute approximate surface area is 94.4 Å². The van der Waals surface area contributed by atoms with Crippen molar-refractivity contribution in [2.24, 2.45) is 5.92 Å². The lowest BCUT2D eigenvalue weighted by molar-refractivity contribution is 0.437. The highest BCUT2D eigenvalue weighted by molar-refractivity contribution is 7.12. The van der Waals surface area contributed by atoms with E-state index in [4.69, 9.17) is 5.26 Å². The van der Waals surface area contributed by atoms with Gasteiger partial charge in [0, 0.05) is 13.1 Å². The summed E-state index contributed by atoms with van der Waals surface area (Å²) >= 11 is 1.49. The summed E-state index contributed by atoms with van der Waals surface area (Å²) in [4.78, 5) is 7.47. The predicted molar refractivity (Wildman–Crippen MR) is 62.2 cm³/mol. The molecule has 0 atom stereocenters. The first-order chi connectivity index (χ1) is 7.20. The van der Waals surface area contributed by atoms with E-state index in [0.29, 0.717) is 0 Å². The zero-order valence-corrected chi connectivity index (χ0v) is 9.97. The van der Waals surface area contributed by atoms with E-state index in [1.54, 1.807) is 0 Å². The van der Waals surface area contributed by atoms with Gasteiger partial charge in [-0.1, -0.05) is 6.92 Å². The van der Waals surface area contributed by atoms with Crippen LogP contribution in [-0.2, 0) is 0 Å². The molecule has 1 saturated heterocycles. The molecule has 0 aliphatic carbocycles. The van der Waals surface area contributed by atoms with Gasteiger partial charge in [-0.2, -0.15) is 5.26 Å². The molecule has 1 fully saturated rings. The molecular weight excluding hydrogens is 206 g/mol. The van der Waals surface area contributed by atoms with Crippen LogP contribution in [-0.4, -0.2) is 18.1 Å². The number of hydrogen-bond acceptors (Lipinski definition) is 4. The van der Waals surface area contributed by atoms with Gasteiger partial charge in [-0.05, 0) is 25.7 Å². The lowest BCUT2D eigenvalue weighted by Crippen LogP contribution is -2.33. The molecule has 2 heterocycles. The van der Waals surface area contributed by atoms with Crippen molar-refractivity contribution < 1.29 is 0 Å². The largest absolute Gasteiger partial charge is 0.355 e. The number of rotatable bonds is 1. The van der Waals surface area contributed by atoms with Gasteiger partial charge < -0.3 is 4.90 Å². The van der Waals surface area contributed by atoms with Crippen LogP contribution >= 0.6 is 11.3 Å². The van der Waals surface area contributed by atoms with Crippen molar-refractivity contribution in [2.45, 2.75) is 26.7 Å². The van der Waals surface area contributed by atoms with Crippen molar-refractivity contribution in [3.63, 3.8) is 0 Å². The summed E-state index contributed by atoms with van der Waals surface area (Å²) < 4.78 is 0. The second kappa shape index (κ2) is 4.19. The zero-order chi connectivity index (χ0) is 10.8. The molecule has 0 spiro atoms. The molecule has 0 amide bonds. The molecule has 0 radical (unpaired) electrons. The van der Waals surface area contributed by atoms with Gasteiger partial charge in [0.05, 0.1) is 5.01 Å². The minimum Gasteiger partial charge on any atom is -0.355 e. The van der Waals surface area contributed by atoms with Gasteiger partial charge in [0.25, 0.3) is 0 Å². The summed E-state index contributed by atoms with van der Waals surface area (Å²) in [6.45, 7) is 6.33. The highest BCUT2D eigenvalue weighted by Crippen LogP contribution is 2.28. The fourth-order valence-corrected chi connectivity index (χ4v) is 2.66. The Morgan fingerprint density at radius 3 is 2.73 bits per heavy atom. The number of nitrogens with zero attached hydrogens (tertiary/aromatic N) is 3. The zero-order valence-electron chi connectivity index (χ0n) is 9.16. The number of thiazole rings is 1. The Balaban J connectivity index is 2.19. The molecule has 0 aromatic carbocycles. The number of aromatic nitrogens is 1. The average molecular weight is 221 g/mol. The van der Waals surface area contributed by atoms with Crippen molar-refractivity contribution in [3.8, 4) is 6.07 Å². The van der Waals surface area contributed by atoms with Crippen LogP contribution in [0.4, 0.5) is 5.82 Å². The van der Waals surface area contributed by atoms with Gasteiger partial charge in [0.2, 0.25) is 0 Å². The standard InChI is InChI=1S/C11H15N3S/c1-8-3-5-14(6-4-8)11-10(7-12)15-9(2)13-11/h8H,3-6H2,1-2H3. The molecule has 4 heteroatoms. The van der Waals surface area contributed by atoms with Gasteiger partial charge in [0.15, 0.2) is 5.82 Å². The van der Waals surface area contributed by atoms with E-state index >= 15 is 0 Å². The van der Waals surface area contributed by atoms with Crippen LogP contribution in [0, 0.1) is 24.2 Å². The van der Waals surface area contributed by atoms with E-state index in [1.807, 2.05) is 6.92 Å². The number of aryl methyl sites for hydroxylation is 1. The van der Waals surface area contributed by atoms with E-state index in [9.17, 15) is 0 Å². The minimum atomic E-state index is 0.766. The maximum absolute atomic E-state index is 9.01. The van der Waals surface area contributed by atoms with E-state index in [0.717, 1.165) is 34.7 Å². The quantitative estimate of drug-likeness (QED) is 0.731. The first-order valence-electron chi connectivity index (χ1n) is 5.33. The number of hydrogen-bond donors (Lipinski definition) is 0. The predicted octanol–water partition coefficient (Wildman–Crippen LogP) is 2.56. The second-order valence-electron chi connectivity index (χ2n) is 4.17. The van der Waals surface area contributed by atoms with Gasteiger partial charge in [0.1, 0.15) is 10.9 Å². The molecule has 1 aromatic heterocycles. The number of piperidine rings is 1. The summed E-state index contributed by atoms with van der Waals surface area (Å²) in [6.07, 6.45) is 2.42. The molecule has 0 saturated carbocycles. The molecule has 15 heavy (non-hydrogen) atoms. The maximum Gasteiger partial charge on any atom is 0.158 e. The molecule has 1 aliphatic rings.